The SMILES string of the molecule is N=C(/C=C\c1nnc(Cc2ccc(O)cc2)[nH]1)c1ccccc1. The van der Waals surface area contributed by atoms with Crippen LogP contribution < -0.4 is 0 Å². The van der Waals surface area contributed by atoms with Crippen LogP contribution in [0, 0.1) is 5.41 Å². The maximum absolute atomic E-state index is 9.28. The van der Waals surface area contributed by atoms with Gasteiger partial charge < -0.3 is 15.5 Å². The van der Waals surface area contributed by atoms with E-state index in [1.165, 1.54) is 0 Å². The summed E-state index contributed by atoms with van der Waals surface area (Å²) >= 11 is 0. The molecule has 0 aliphatic rings. The van der Waals surface area contributed by atoms with Crippen molar-refractivity contribution in [3.8, 4) is 5.75 Å². The Morgan fingerprint density at radius 3 is 2.52 bits per heavy atom. The molecule has 0 spiro atoms. The molecule has 5 nitrogen and oxygen atoms in total. The second-order valence-electron chi connectivity index (χ2n) is 5.11. The van der Waals surface area contributed by atoms with Gasteiger partial charge in [-0.15, -0.1) is 10.2 Å². The van der Waals surface area contributed by atoms with Gasteiger partial charge in [-0.25, -0.2) is 0 Å². The van der Waals surface area contributed by atoms with Crippen LogP contribution in [0.3, 0.4) is 0 Å². The van der Waals surface area contributed by atoms with Crippen molar-refractivity contribution in [2.75, 3.05) is 0 Å². The Morgan fingerprint density at radius 2 is 1.78 bits per heavy atom. The van der Waals surface area contributed by atoms with Gasteiger partial charge in [0.25, 0.3) is 0 Å². The standard InChI is InChI=1S/C18H16N4O/c19-16(14-4-2-1-3-5-14)10-11-17-20-18(22-21-17)12-13-6-8-15(23)9-7-13/h1-11,19,23H,12H2,(H,20,21,22)/b11-10-,19-16?. The van der Waals surface area contributed by atoms with Crippen molar-refractivity contribution in [2.45, 2.75) is 6.42 Å². The first-order chi connectivity index (χ1) is 11.2. The smallest absolute Gasteiger partial charge is 0.154 e. The molecule has 23 heavy (non-hydrogen) atoms. The van der Waals surface area contributed by atoms with Crippen molar-refractivity contribution >= 4 is 11.8 Å². The molecule has 3 aromatic rings. The number of benzene rings is 2. The van der Waals surface area contributed by atoms with Gasteiger partial charge in [0.2, 0.25) is 0 Å². The Kier molecular flexibility index (Phi) is 4.29. The number of aromatic hydroxyl groups is 1. The van der Waals surface area contributed by atoms with Gasteiger partial charge in [-0.2, -0.15) is 0 Å². The number of nitrogens with one attached hydrogen (secondary N) is 2. The Morgan fingerprint density at radius 1 is 1.04 bits per heavy atom. The molecule has 0 fully saturated rings. The molecular formula is C18H16N4O. The number of allylic oxidation sites excluding steroid dienone is 1. The van der Waals surface area contributed by atoms with Gasteiger partial charge in [0.05, 0.1) is 5.71 Å². The molecule has 114 valence electrons. The van der Waals surface area contributed by atoms with E-state index in [1.54, 1.807) is 24.3 Å². The second-order valence-corrected chi connectivity index (χ2v) is 5.11. The van der Waals surface area contributed by atoms with E-state index in [4.69, 9.17) is 5.41 Å². The monoisotopic (exact) mass is 304 g/mol. The average molecular weight is 304 g/mol. The zero-order valence-corrected chi connectivity index (χ0v) is 12.4. The van der Waals surface area contributed by atoms with Crippen LogP contribution in [-0.4, -0.2) is 26.0 Å². The predicted octanol–water partition coefficient (Wildman–Crippen LogP) is 3.18. The first-order valence-electron chi connectivity index (χ1n) is 7.22. The number of nitrogens with zero attached hydrogens (tertiary/aromatic N) is 2. The number of H-pyrrole nitrogens is 1. The predicted molar refractivity (Wildman–Crippen MR) is 89.6 cm³/mol. The number of rotatable bonds is 5. The summed E-state index contributed by atoms with van der Waals surface area (Å²) in [4.78, 5) is 3.11. The fourth-order valence-corrected chi connectivity index (χ4v) is 2.15. The van der Waals surface area contributed by atoms with Gasteiger partial charge in [0, 0.05) is 6.42 Å². The van der Waals surface area contributed by atoms with E-state index in [0.717, 1.165) is 17.0 Å². The minimum Gasteiger partial charge on any atom is -0.508 e. The van der Waals surface area contributed by atoms with E-state index in [1.807, 2.05) is 42.5 Å². The Labute approximate surface area is 133 Å². The molecule has 0 saturated heterocycles. The number of hydrogen-bond donors (Lipinski definition) is 3. The molecule has 1 aromatic heterocycles. The molecule has 1 heterocycles. The summed E-state index contributed by atoms with van der Waals surface area (Å²) < 4.78 is 0. The summed E-state index contributed by atoms with van der Waals surface area (Å²) in [6.07, 6.45) is 4.04. The van der Waals surface area contributed by atoms with Gasteiger partial charge in [-0.1, -0.05) is 42.5 Å². The quantitative estimate of drug-likeness (QED) is 0.633. The number of hydrogen-bond acceptors (Lipinski definition) is 4. The summed E-state index contributed by atoms with van der Waals surface area (Å²) in [5.41, 5.74) is 2.31. The third-order valence-corrected chi connectivity index (χ3v) is 3.35. The number of phenols is 1. The highest BCUT2D eigenvalue weighted by Gasteiger charge is 2.03. The van der Waals surface area contributed by atoms with Crippen LogP contribution >= 0.6 is 0 Å². The largest absolute Gasteiger partial charge is 0.508 e. The molecule has 0 amide bonds. The normalized spacial score (nSPS) is 11.0. The van der Waals surface area contributed by atoms with Crippen molar-refractivity contribution in [1.82, 2.24) is 15.2 Å². The molecule has 0 unspecified atom stereocenters. The molecule has 3 N–H and O–H groups in total. The Bertz CT molecular complexity index is 820. The van der Waals surface area contributed by atoms with Crippen LogP contribution in [0.5, 0.6) is 5.75 Å². The van der Waals surface area contributed by atoms with Crippen LogP contribution in [-0.2, 0) is 6.42 Å². The lowest BCUT2D eigenvalue weighted by atomic mass is 10.1. The Hall–Kier alpha value is -3.21. The minimum absolute atomic E-state index is 0.245. The molecule has 5 heteroatoms. The molecule has 0 radical (unpaired) electrons. The van der Waals surface area contributed by atoms with Gasteiger partial charge in [-0.05, 0) is 35.4 Å². The van der Waals surface area contributed by atoms with Crippen molar-refractivity contribution in [3.05, 3.63) is 83.4 Å². The van der Waals surface area contributed by atoms with E-state index in [2.05, 4.69) is 15.2 Å². The average Bonchev–Trinajstić information content (AvgIpc) is 3.03. The third-order valence-electron chi connectivity index (χ3n) is 3.35. The van der Waals surface area contributed by atoms with E-state index in [9.17, 15) is 5.11 Å². The van der Waals surface area contributed by atoms with E-state index >= 15 is 0 Å². The van der Waals surface area contributed by atoms with Crippen LogP contribution in [0.15, 0.2) is 60.7 Å². The van der Waals surface area contributed by atoms with Crippen LogP contribution in [0.1, 0.15) is 22.8 Å². The lowest BCUT2D eigenvalue weighted by Crippen LogP contribution is -1.93. The Balaban J connectivity index is 1.66. The molecular weight excluding hydrogens is 288 g/mol. The molecule has 2 aromatic carbocycles. The fraction of sp³-hybridized carbons (Fsp3) is 0.0556. The van der Waals surface area contributed by atoms with Crippen LogP contribution in [0.2, 0.25) is 0 Å². The first kappa shape index (κ1) is 14.7. The highest BCUT2D eigenvalue weighted by Crippen LogP contribution is 2.12. The number of aromatic nitrogens is 3. The van der Waals surface area contributed by atoms with Crippen molar-refractivity contribution < 1.29 is 5.11 Å². The van der Waals surface area contributed by atoms with E-state index in [0.29, 0.717) is 18.0 Å². The van der Waals surface area contributed by atoms with Gasteiger partial charge >= 0.3 is 0 Å². The molecule has 0 saturated carbocycles. The molecule has 0 atom stereocenters. The molecule has 0 aliphatic carbocycles. The van der Waals surface area contributed by atoms with Crippen molar-refractivity contribution in [1.29, 1.82) is 5.41 Å². The van der Waals surface area contributed by atoms with E-state index < -0.39 is 0 Å². The lowest BCUT2D eigenvalue weighted by Gasteiger charge is -1.97. The molecule has 3 rings (SSSR count). The zero-order valence-electron chi connectivity index (χ0n) is 12.4. The summed E-state index contributed by atoms with van der Waals surface area (Å²) in [5.74, 6) is 1.59. The number of aromatic amines is 1. The highest BCUT2D eigenvalue weighted by molar-refractivity contribution is 6.08. The first-order valence-corrected chi connectivity index (χ1v) is 7.22. The summed E-state index contributed by atoms with van der Waals surface area (Å²) in [5, 5.41) is 25.4. The van der Waals surface area contributed by atoms with Crippen LogP contribution in [0.4, 0.5) is 0 Å². The zero-order chi connectivity index (χ0) is 16.1. The van der Waals surface area contributed by atoms with E-state index in [-0.39, 0.29) is 5.75 Å². The molecule has 0 bridgehead atoms. The third kappa shape index (κ3) is 3.91. The van der Waals surface area contributed by atoms with Gasteiger partial charge in [0.1, 0.15) is 11.6 Å². The number of phenolic OH excluding ortho intramolecular Hbond substituents is 1. The fourth-order valence-electron chi connectivity index (χ4n) is 2.15. The van der Waals surface area contributed by atoms with Gasteiger partial charge in [0.15, 0.2) is 5.82 Å². The maximum Gasteiger partial charge on any atom is 0.154 e. The second kappa shape index (κ2) is 6.70. The lowest BCUT2D eigenvalue weighted by molar-refractivity contribution is 0.475. The van der Waals surface area contributed by atoms with Gasteiger partial charge in [-0.3, -0.25) is 0 Å². The summed E-state index contributed by atoms with van der Waals surface area (Å²) in [6, 6.07) is 16.5. The minimum atomic E-state index is 0.245. The topological polar surface area (TPSA) is 85.7 Å². The summed E-state index contributed by atoms with van der Waals surface area (Å²) in [6.45, 7) is 0. The maximum atomic E-state index is 9.28. The highest BCUT2D eigenvalue weighted by atomic mass is 16.3. The van der Waals surface area contributed by atoms with Crippen molar-refractivity contribution in [2.24, 2.45) is 0 Å². The van der Waals surface area contributed by atoms with Crippen LogP contribution in [0.25, 0.3) is 6.08 Å². The summed E-state index contributed by atoms with van der Waals surface area (Å²) in [7, 11) is 0. The van der Waals surface area contributed by atoms with Crippen molar-refractivity contribution in [3.63, 3.8) is 0 Å². The molecule has 0 aliphatic heterocycles.